The van der Waals surface area contributed by atoms with E-state index in [2.05, 4.69) is 22.5 Å². The fraction of sp³-hybridized carbons (Fsp3) is 0.533. The summed E-state index contributed by atoms with van der Waals surface area (Å²) in [4.78, 5) is 4.33. The van der Waals surface area contributed by atoms with Gasteiger partial charge in [0.25, 0.3) is 6.43 Å². The minimum absolute atomic E-state index is 0. The number of hydrogen-bond donors (Lipinski definition) is 2. The number of benzene rings is 1. The summed E-state index contributed by atoms with van der Waals surface area (Å²) < 4.78 is 24.5. The number of alkyl halides is 2. The van der Waals surface area contributed by atoms with Crippen molar-refractivity contribution < 1.29 is 8.78 Å². The zero-order chi connectivity index (χ0) is 14.8. The summed E-state index contributed by atoms with van der Waals surface area (Å²) in [5.74, 6) is 0.444. The van der Waals surface area contributed by atoms with Crippen LogP contribution in [-0.4, -0.2) is 25.5 Å². The van der Waals surface area contributed by atoms with Gasteiger partial charge in [0.15, 0.2) is 5.96 Å². The summed E-state index contributed by atoms with van der Waals surface area (Å²) in [6, 6.07) is 8.02. The summed E-state index contributed by atoms with van der Waals surface area (Å²) in [6.45, 7) is 4.93. The van der Waals surface area contributed by atoms with E-state index in [0.717, 1.165) is 24.9 Å². The van der Waals surface area contributed by atoms with Crippen molar-refractivity contribution in [2.75, 3.05) is 13.1 Å². The van der Waals surface area contributed by atoms with E-state index >= 15 is 0 Å². The minimum Gasteiger partial charge on any atom is -0.356 e. The standard InChI is InChI=1S/C15H23F2N3.HI/c1-3-4-9-18-15(20-11-14(16)17)19-10-13-7-5-12(2)6-8-13;/h5-8,14H,3-4,9-11H2,1-2H3,(H2,18,19,20);1H. The van der Waals surface area contributed by atoms with Gasteiger partial charge in [0.05, 0.1) is 13.1 Å². The van der Waals surface area contributed by atoms with Gasteiger partial charge in [0.2, 0.25) is 0 Å². The molecule has 0 saturated heterocycles. The molecule has 21 heavy (non-hydrogen) atoms. The highest BCUT2D eigenvalue weighted by atomic mass is 127. The van der Waals surface area contributed by atoms with Crippen LogP contribution >= 0.6 is 24.0 Å². The number of guanidine groups is 1. The van der Waals surface area contributed by atoms with Crippen LogP contribution in [0.5, 0.6) is 0 Å². The molecule has 0 aliphatic rings. The molecule has 3 nitrogen and oxygen atoms in total. The maximum Gasteiger partial charge on any atom is 0.255 e. The lowest BCUT2D eigenvalue weighted by Crippen LogP contribution is -2.40. The highest BCUT2D eigenvalue weighted by Crippen LogP contribution is 2.04. The van der Waals surface area contributed by atoms with Crippen LogP contribution < -0.4 is 10.6 Å². The van der Waals surface area contributed by atoms with Gasteiger partial charge in [-0.05, 0) is 18.9 Å². The predicted molar refractivity (Wildman–Crippen MR) is 94.7 cm³/mol. The average Bonchev–Trinajstić information content (AvgIpc) is 2.43. The number of rotatable bonds is 7. The monoisotopic (exact) mass is 411 g/mol. The zero-order valence-electron chi connectivity index (χ0n) is 12.5. The van der Waals surface area contributed by atoms with Crippen molar-refractivity contribution in [3.63, 3.8) is 0 Å². The van der Waals surface area contributed by atoms with Crippen molar-refractivity contribution in [3.05, 3.63) is 35.4 Å². The lowest BCUT2D eigenvalue weighted by atomic mass is 10.1. The number of unbranched alkanes of at least 4 members (excludes halogenated alkanes) is 1. The Hall–Kier alpha value is -0.920. The molecule has 0 aromatic heterocycles. The smallest absolute Gasteiger partial charge is 0.255 e. The quantitative estimate of drug-likeness (QED) is 0.311. The molecule has 0 saturated carbocycles. The molecule has 0 amide bonds. The Morgan fingerprint density at radius 1 is 1.19 bits per heavy atom. The fourth-order valence-electron chi connectivity index (χ4n) is 1.60. The molecular weight excluding hydrogens is 387 g/mol. The first-order valence-electron chi connectivity index (χ1n) is 6.97. The second kappa shape index (κ2) is 11.7. The number of aryl methyl sites for hydroxylation is 1. The number of aliphatic imine (C=N–C) groups is 1. The molecule has 0 heterocycles. The molecule has 2 N–H and O–H groups in total. The highest BCUT2D eigenvalue weighted by molar-refractivity contribution is 14.0. The number of nitrogens with one attached hydrogen (secondary N) is 2. The van der Waals surface area contributed by atoms with Crippen molar-refractivity contribution in [1.29, 1.82) is 0 Å². The van der Waals surface area contributed by atoms with Gasteiger partial charge in [0.1, 0.15) is 0 Å². The molecular formula is C15H24F2IN3. The van der Waals surface area contributed by atoms with Gasteiger partial charge in [-0.1, -0.05) is 43.2 Å². The lowest BCUT2D eigenvalue weighted by Gasteiger charge is -2.12. The maximum atomic E-state index is 12.2. The Balaban J connectivity index is 0.00000400. The van der Waals surface area contributed by atoms with E-state index in [-0.39, 0.29) is 30.5 Å². The normalized spacial score (nSPS) is 11.2. The van der Waals surface area contributed by atoms with Crippen LogP contribution in [0.25, 0.3) is 0 Å². The summed E-state index contributed by atoms with van der Waals surface area (Å²) in [7, 11) is 0. The Kier molecular flexibility index (Phi) is 11.2. The van der Waals surface area contributed by atoms with Crippen LogP contribution in [0.15, 0.2) is 29.3 Å². The second-order valence-corrected chi connectivity index (χ2v) is 4.70. The first-order chi connectivity index (χ1) is 9.61. The Labute approximate surface area is 142 Å². The third-order valence-corrected chi connectivity index (χ3v) is 2.79. The zero-order valence-corrected chi connectivity index (χ0v) is 14.9. The number of hydrogen-bond acceptors (Lipinski definition) is 1. The molecule has 0 aliphatic heterocycles. The van der Waals surface area contributed by atoms with Crippen LogP contribution in [0, 0.1) is 6.92 Å². The average molecular weight is 411 g/mol. The molecule has 0 atom stereocenters. The summed E-state index contributed by atoms with van der Waals surface area (Å²) in [5.41, 5.74) is 2.25. The molecule has 0 fully saturated rings. The summed E-state index contributed by atoms with van der Waals surface area (Å²) in [6.07, 6.45) is -0.347. The van der Waals surface area contributed by atoms with E-state index in [1.165, 1.54) is 5.56 Å². The third-order valence-electron chi connectivity index (χ3n) is 2.79. The van der Waals surface area contributed by atoms with Crippen molar-refractivity contribution in [3.8, 4) is 0 Å². The van der Waals surface area contributed by atoms with Crippen molar-refractivity contribution in [2.45, 2.75) is 39.7 Å². The molecule has 0 spiro atoms. The second-order valence-electron chi connectivity index (χ2n) is 4.70. The summed E-state index contributed by atoms with van der Waals surface area (Å²) in [5, 5.41) is 5.71. The van der Waals surface area contributed by atoms with Crippen molar-refractivity contribution in [2.24, 2.45) is 4.99 Å². The van der Waals surface area contributed by atoms with E-state index in [1.807, 2.05) is 31.2 Å². The van der Waals surface area contributed by atoms with Crippen LogP contribution in [0.2, 0.25) is 0 Å². The van der Waals surface area contributed by atoms with Gasteiger partial charge in [-0.15, -0.1) is 24.0 Å². The van der Waals surface area contributed by atoms with Gasteiger partial charge in [-0.3, -0.25) is 0 Å². The van der Waals surface area contributed by atoms with E-state index in [9.17, 15) is 8.78 Å². The topological polar surface area (TPSA) is 36.4 Å². The first kappa shape index (κ1) is 20.1. The Bertz CT molecular complexity index is 408. The van der Waals surface area contributed by atoms with E-state index in [1.54, 1.807) is 0 Å². The molecule has 0 unspecified atom stereocenters. The molecule has 1 rings (SSSR count). The predicted octanol–water partition coefficient (Wildman–Crippen LogP) is 3.71. The van der Waals surface area contributed by atoms with E-state index in [0.29, 0.717) is 12.5 Å². The van der Waals surface area contributed by atoms with Crippen molar-refractivity contribution in [1.82, 2.24) is 10.6 Å². The number of halogens is 3. The molecule has 1 aromatic rings. The van der Waals surface area contributed by atoms with Gasteiger partial charge in [-0.25, -0.2) is 13.8 Å². The molecule has 120 valence electrons. The van der Waals surface area contributed by atoms with Gasteiger partial charge < -0.3 is 10.6 Å². The van der Waals surface area contributed by atoms with Crippen LogP contribution in [0.4, 0.5) is 8.78 Å². The molecule has 0 radical (unpaired) electrons. The van der Waals surface area contributed by atoms with Gasteiger partial charge in [-0.2, -0.15) is 0 Å². The van der Waals surface area contributed by atoms with Crippen LogP contribution in [0.3, 0.4) is 0 Å². The lowest BCUT2D eigenvalue weighted by molar-refractivity contribution is 0.152. The highest BCUT2D eigenvalue weighted by Gasteiger charge is 2.04. The van der Waals surface area contributed by atoms with Crippen LogP contribution in [-0.2, 0) is 6.54 Å². The molecule has 1 aromatic carbocycles. The number of nitrogens with zero attached hydrogens (tertiary/aromatic N) is 1. The first-order valence-corrected chi connectivity index (χ1v) is 6.97. The SMILES string of the molecule is CCCCNC(=NCc1ccc(C)cc1)NCC(F)F.I. The fourth-order valence-corrected chi connectivity index (χ4v) is 1.60. The van der Waals surface area contributed by atoms with Gasteiger partial charge >= 0.3 is 0 Å². The third kappa shape index (κ3) is 9.60. The molecule has 6 heteroatoms. The van der Waals surface area contributed by atoms with E-state index < -0.39 is 6.43 Å². The molecule has 0 bridgehead atoms. The largest absolute Gasteiger partial charge is 0.356 e. The molecule has 0 aliphatic carbocycles. The van der Waals surface area contributed by atoms with Crippen molar-refractivity contribution >= 4 is 29.9 Å². The van der Waals surface area contributed by atoms with Gasteiger partial charge in [0, 0.05) is 6.54 Å². The summed E-state index contributed by atoms with van der Waals surface area (Å²) >= 11 is 0. The minimum atomic E-state index is -2.38. The van der Waals surface area contributed by atoms with Crippen LogP contribution in [0.1, 0.15) is 30.9 Å². The maximum absolute atomic E-state index is 12.2. The Morgan fingerprint density at radius 3 is 2.43 bits per heavy atom. The van der Waals surface area contributed by atoms with E-state index in [4.69, 9.17) is 0 Å². The Morgan fingerprint density at radius 2 is 1.86 bits per heavy atom.